The summed E-state index contributed by atoms with van der Waals surface area (Å²) in [6, 6.07) is 10.5. The lowest BCUT2D eigenvalue weighted by molar-refractivity contribution is 1.04. The van der Waals surface area contributed by atoms with Gasteiger partial charge >= 0.3 is 0 Å². The lowest BCUT2D eigenvalue weighted by atomic mass is 9.99. The second kappa shape index (κ2) is 4.90. The minimum absolute atomic E-state index is 0.601. The first kappa shape index (κ1) is 10.8. The van der Waals surface area contributed by atoms with Gasteiger partial charge in [-0.15, -0.1) is 0 Å². The molecule has 0 spiro atoms. The number of pyridine rings is 1. The molecular weight excluding hydrogens is 196 g/mol. The van der Waals surface area contributed by atoms with Gasteiger partial charge in [0.15, 0.2) is 0 Å². The molecular formula is C14H16N2. The van der Waals surface area contributed by atoms with Crippen molar-refractivity contribution in [1.29, 1.82) is 0 Å². The summed E-state index contributed by atoms with van der Waals surface area (Å²) in [5.41, 5.74) is 10.8. The highest BCUT2D eigenvalue weighted by Crippen LogP contribution is 2.15. The molecule has 0 amide bonds. The minimum Gasteiger partial charge on any atom is -0.326 e. The van der Waals surface area contributed by atoms with Crippen molar-refractivity contribution in [1.82, 2.24) is 4.98 Å². The molecule has 2 rings (SSSR count). The van der Waals surface area contributed by atoms with E-state index >= 15 is 0 Å². The van der Waals surface area contributed by atoms with Gasteiger partial charge in [-0.2, -0.15) is 0 Å². The molecule has 0 aliphatic rings. The van der Waals surface area contributed by atoms with Gasteiger partial charge in [0.25, 0.3) is 0 Å². The number of nitrogens with two attached hydrogens (primary N) is 1. The van der Waals surface area contributed by atoms with Gasteiger partial charge in [0.2, 0.25) is 0 Å². The monoisotopic (exact) mass is 212 g/mol. The first-order chi connectivity index (χ1) is 7.79. The Hall–Kier alpha value is -1.67. The lowest BCUT2D eigenvalue weighted by Gasteiger charge is -2.08. The molecule has 0 aliphatic carbocycles. The molecule has 0 bridgehead atoms. The highest BCUT2D eigenvalue weighted by molar-refractivity contribution is 5.34. The van der Waals surface area contributed by atoms with Crippen molar-refractivity contribution >= 4 is 0 Å². The third kappa shape index (κ3) is 2.47. The van der Waals surface area contributed by atoms with Gasteiger partial charge in [-0.25, -0.2) is 0 Å². The molecule has 82 valence electrons. The summed E-state index contributed by atoms with van der Waals surface area (Å²) in [6.07, 6.45) is 4.61. The summed E-state index contributed by atoms with van der Waals surface area (Å²) in [4.78, 5) is 4.02. The first-order valence-corrected chi connectivity index (χ1v) is 5.47. The molecule has 1 aromatic heterocycles. The quantitative estimate of drug-likeness (QED) is 0.848. The number of hydrogen-bond acceptors (Lipinski definition) is 2. The van der Waals surface area contributed by atoms with Crippen LogP contribution in [0.2, 0.25) is 0 Å². The number of aryl methyl sites for hydroxylation is 1. The molecule has 2 heteroatoms. The zero-order chi connectivity index (χ0) is 11.4. The summed E-state index contributed by atoms with van der Waals surface area (Å²) >= 11 is 0. The normalized spacial score (nSPS) is 10.4. The smallest absolute Gasteiger partial charge is 0.0270 e. The number of nitrogens with zero attached hydrogens (tertiary/aromatic N) is 1. The van der Waals surface area contributed by atoms with Gasteiger partial charge in [0.05, 0.1) is 0 Å². The second-order valence-electron chi connectivity index (χ2n) is 4.00. The van der Waals surface area contributed by atoms with E-state index in [0.717, 1.165) is 6.42 Å². The van der Waals surface area contributed by atoms with Gasteiger partial charge in [-0.3, -0.25) is 4.98 Å². The third-order valence-electron chi connectivity index (χ3n) is 2.79. The predicted octanol–water partition coefficient (Wildman–Crippen LogP) is 2.44. The average Bonchev–Trinajstić information content (AvgIpc) is 2.33. The van der Waals surface area contributed by atoms with E-state index in [9.17, 15) is 0 Å². The van der Waals surface area contributed by atoms with E-state index in [2.05, 4.69) is 42.2 Å². The molecule has 1 aromatic carbocycles. The van der Waals surface area contributed by atoms with Crippen molar-refractivity contribution in [3.8, 4) is 0 Å². The molecule has 0 atom stereocenters. The molecule has 2 nitrogen and oxygen atoms in total. The molecule has 1 heterocycles. The van der Waals surface area contributed by atoms with Crippen molar-refractivity contribution < 1.29 is 0 Å². The first-order valence-electron chi connectivity index (χ1n) is 5.47. The molecule has 0 radical (unpaired) electrons. The van der Waals surface area contributed by atoms with Crippen molar-refractivity contribution in [3.05, 3.63) is 65.0 Å². The van der Waals surface area contributed by atoms with Gasteiger partial charge in [0, 0.05) is 18.9 Å². The topological polar surface area (TPSA) is 38.9 Å². The van der Waals surface area contributed by atoms with E-state index < -0.39 is 0 Å². The van der Waals surface area contributed by atoms with Crippen LogP contribution in [0.15, 0.2) is 42.7 Å². The zero-order valence-electron chi connectivity index (χ0n) is 9.48. The fraction of sp³-hybridized carbons (Fsp3) is 0.214. The van der Waals surface area contributed by atoms with Crippen LogP contribution in [0.5, 0.6) is 0 Å². The van der Waals surface area contributed by atoms with Crippen LogP contribution >= 0.6 is 0 Å². The molecule has 0 unspecified atom stereocenters. The Balaban J connectivity index is 2.27. The number of rotatable bonds is 3. The minimum atomic E-state index is 0.601. The Bertz CT molecular complexity index is 463. The molecule has 16 heavy (non-hydrogen) atoms. The van der Waals surface area contributed by atoms with Crippen LogP contribution < -0.4 is 5.73 Å². The van der Waals surface area contributed by atoms with Crippen LogP contribution in [0.1, 0.15) is 22.3 Å². The maximum absolute atomic E-state index is 5.65. The number of aromatic nitrogens is 1. The van der Waals surface area contributed by atoms with E-state index in [0.29, 0.717) is 6.54 Å². The maximum atomic E-state index is 5.65. The molecule has 2 aromatic rings. The van der Waals surface area contributed by atoms with Gasteiger partial charge in [-0.05, 0) is 47.7 Å². The SMILES string of the molecule is Cc1ccc(CN)cc1Cc1ccncc1. The molecule has 0 aliphatic heterocycles. The van der Waals surface area contributed by atoms with Gasteiger partial charge in [0.1, 0.15) is 0 Å². The van der Waals surface area contributed by atoms with Crippen LogP contribution in [0.25, 0.3) is 0 Å². The van der Waals surface area contributed by atoms with E-state index in [1.54, 1.807) is 0 Å². The largest absolute Gasteiger partial charge is 0.326 e. The van der Waals surface area contributed by atoms with E-state index in [1.807, 2.05) is 12.4 Å². The van der Waals surface area contributed by atoms with Crippen LogP contribution in [0, 0.1) is 6.92 Å². The second-order valence-corrected chi connectivity index (χ2v) is 4.00. The Morgan fingerprint density at radius 1 is 1.06 bits per heavy atom. The predicted molar refractivity (Wildman–Crippen MR) is 66.1 cm³/mol. The van der Waals surface area contributed by atoms with Crippen LogP contribution in [0.3, 0.4) is 0 Å². The highest BCUT2D eigenvalue weighted by atomic mass is 14.6. The Morgan fingerprint density at radius 2 is 1.81 bits per heavy atom. The average molecular weight is 212 g/mol. The van der Waals surface area contributed by atoms with Crippen LogP contribution in [0.4, 0.5) is 0 Å². The van der Waals surface area contributed by atoms with Gasteiger partial charge in [-0.1, -0.05) is 18.2 Å². The van der Waals surface area contributed by atoms with Crippen molar-refractivity contribution in [2.24, 2.45) is 5.73 Å². The van der Waals surface area contributed by atoms with Crippen molar-refractivity contribution in [3.63, 3.8) is 0 Å². The number of benzene rings is 1. The summed E-state index contributed by atoms with van der Waals surface area (Å²) in [6.45, 7) is 2.74. The Kier molecular flexibility index (Phi) is 3.32. The summed E-state index contributed by atoms with van der Waals surface area (Å²) < 4.78 is 0. The van der Waals surface area contributed by atoms with Crippen LogP contribution in [-0.2, 0) is 13.0 Å². The maximum Gasteiger partial charge on any atom is 0.0270 e. The van der Waals surface area contributed by atoms with Crippen LogP contribution in [-0.4, -0.2) is 4.98 Å². The van der Waals surface area contributed by atoms with E-state index in [1.165, 1.54) is 22.3 Å². The number of hydrogen-bond donors (Lipinski definition) is 1. The lowest BCUT2D eigenvalue weighted by Crippen LogP contribution is -1.99. The van der Waals surface area contributed by atoms with E-state index in [-0.39, 0.29) is 0 Å². The molecule has 0 saturated carbocycles. The fourth-order valence-corrected chi connectivity index (χ4v) is 1.76. The van der Waals surface area contributed by atoms with Gasteiger partial charge < -0.3 is 5.73 Å². The molecule has 0 fully saturated rings. The van der Waals surface area contributed by atoms with Crippen molar-refractivity contribution in [2.45, 2.75) is 19.9 Å². The molecule has 2 N–H and O–H groups in total. The zero-order valence-corrected chi connectivity index (χ0v) is 9.48. The summed E-state index contributed by atoms with van der Waals surface area (Å²) in [5.74, 6) is 0. The Morgan fingerprint density at radius 3 is 2.50 bits per heavy atom. The highest BCUT2D eigenvalue weighted by Gasteiger charge is 2.01. The summed E-state index contributed by atoms with van der Waals surface area (Å²) in [7, 11) is 0. The summed E-state index contributed by atoms with van der Waals surface area (Å²) in [5, 5.41) is 0. The fourth-order valence-electron chi connectivity index (χ4n) is 1.76. The standard InChI is InChI=1S/C14H16N2/c1-11-2-3-13(10-15)9-14(11)8-12-4-6-16-7-5-12/h2-7,9H,8,10,15H2,1H3. The van der Waals surface area contributed by atoms with Crippen molar-refractivity contribution in [2.75, 3.05) is 0 Å². The Labute approximate surface area is 96.1 Å². The molecule has 0 saturated heterocycles. The van der Waals surface area contributed by atoms with E-state index in [4.69, 9.17) is 5.73 Å². The third-order valence-corrected chi connectivity index (χ3v) is 2.79.